The summed E-state index contributed by atoms with van der Waals surface area (Å²) in [5, 5.41) is 0. The van der Waals surface area contributed by atoms with Crippen LogP contribution in [0.25, 0.3) is 0 Å². The lowest BCUT2D eigenvalue weighted by Gasteiger charge is -2.21. The highest BCUT2D eigenvalue weighted by molar-refractivity contribution is 7.89. The second-order valence-electron chi connectivity index (χ2n) is 6.23. The van der Waals surface area contributed by atoms with E-state index in [9.17, 15) is 13.2 Å². The van der Waals surface area contributed by atoms with Crippen LogP contribution >= 0.6 is 0 Å². The molecule has 0 bridgehead atoms. The van der Waals surface area contributed by atoms with Crippen LogP contribution in [0.15, 0.2) is 29.2 Å². The third-order valence-electron chi connectivity index (χ3n) is 4.20. The van der Waals surface area contributed by atoms with Crippen LogP contribution in [-0.4, -0.2) is 55.8 Å². The van der Waals surface area contributed by atoms with Crippen LogP contribution in [0.2, 0.25) is 0 Å². The molecule has 1 fully saturated rings. The summed E-state index contributed by atoms with van der Waals surface area (Å²) in [6.07, 6.45) is 2.34. The lowest BCUT2D eigenvalue weighted by Crippen LogP contribution is -2.33. The Morgan fingerprint density at radius 2 is 1.79 bits per heavy atom. The molecule has 0 aliphatic carbocycles. The van der Waals surface area contributed by atoms with E-state index in [4.69, 9.17) is 5.73 Å². The van der Waals surface area contributed by atoms with Crippen LogP contribution in [0.3, 0.4) is 0 Å². The Morgan fingerprint density at radius 1 is 1.21 bits per heavy atom. The van der Waals surface area contributed by atoms with Crippen molar-refractivity contribution in [3.8, 4) is 0 Å². The summed E-state index contributed by atoms with van der Waals surface area (Å²) in [5.74, 6) is -0.0918. The number of hydrogen-bond acceptors (Lipinski definition) is 4. The molecule has 134 valence electrons. The highest BCUT2D eigenvalue weighted by Crippen LogP contribution is 2.19. The molecule has 7 heteroatoms. The molecular formula is C17H27N3O3S. The van der Waals surface area contributed by atoms with Crippen LogP contribution in [0.1, 0.15) is 43.5 Å². The SMILES string of the molecule is CCCN(CCC)S(=O)(=O)c1ccc(C(=O)N2CC[C@@H](N)C2)cc1. The largest absolute Gasteiger partial charge is 0.337 e. The van der Waals surface area contributed by atoms with Gasteiger partial charge in [-0.15, -0.1) is 0 Å². The fourth-order valence-corrected chi connectivity index (χ4v) is 4.55. The van der Waals surface area contributed by atoms with Crippen molar-refractivity contribution in [3.63, 3.8) is 0 Å². The van der Waals surface area contributed by atoms with E-state index in [2.05, 4.69) is 0 Å². The van der Waals surface area contributed by atoms with E-state index in [-0.39, 0.29) is 16.8 Å². The van der Waals surface area contributed by atoms with E-state index < -0.39 is 10.0 Å². The molecule has 24 heavy (non-hydrogen) atoms. The fraction of sp³-hybridized carbons (Fsp3) is 0.588. The average Bonchev–Trinajstić information content (AvgIpc) is 3.00. The Labute approximate surface area is 144 Å². The van der Waals surface area contributed by atoms with Gasteiger partial charge >= 0.3 is 0 Å². The first-order chi connectivity index (χ1) is 11.4. The Morgan fingerprint density at radius 3 is 2.25 bits per heavy atom. The van der Waals surface area contributed by atoms with E-state index in [1.807, 2.05) is 13.8 Å². The number of nitrogens with zero attached hydrogens (tertiary/aromatic N) is 2. The summed E-state index contributed by atoms with van der Waals surface area (Å²) in [6, 6.07) is 6.27. The van der Waals surface area contributed by atoms with Gasteiger partial charge in [-0.2, -0.15) is 4.31 Å². The Kier molecular flexibility index (Phi) is 6.37. The quantitative estimate of drug-likeness (QED) is 0.808. The van der Waals surface area contributed by atoms with Gasteiger partial charge in [-0.1, -0.05) is 13.8 Å². The molecule has 1 saturated heterocycles. The van der Waals surface area contributed by atoms with Crippen molar-refractivity contribution in [2.45, 2.75) is 44.0 Å². The van der Waals surface area contributed by atoms with Crippen molar-refractivity contribution in [3.05, 3.63) is 29.8 Å². The van der Waals surface area contributed by atoms with Gasteiger partial charge in [0.05, 0.1) is 4.90 Å². The van der Waals surface area contributed by atoms with Gasteiger partial charge in [0.2, 0.25) is 10.0 Å². The van der Waals surface area contributed by atoms with Gasteiger partial charge < -0.3 is 10.6 Å². The minimum Gasteiger partial charge on any atom is -0.337 e. The van der Waals surface area contributed by atoms with Gasteiger partial charge in [-0.3, -0.25) is 4.79 Å². The number of rotatable bonds is 7. The zero-order chi connectivity index (χ0) is 17.7. The van der Waals surface area contributed by atoms with Crippen LogP contribution < -0.4 is 5.73 Å². The third kappa shape index (κ3) is 4.15. The first kappa shape index (κ1) is 18.9. The molecule has 1 amide bonds. The number of benzene rings is 1. The summed E-state index contributed by atoms with van der Waals surface area (Å²) < 4.78 is 26.9. The maximum Gasteiger partial charge on any atom is 0.253 e. The molecule has 1 aliphatic rings. The average molecular weight is 353 g/mol. The first-order valence-corrected chi connectivity index (χ1v) is 9.99. The zero-order valence-electron chi connectivity index (χ0n) is 14.4. The lowest BCUT2D eigenvalue weighted by atomic mass is 10.2. The number of nitrogens with two attached hydrogens (primary N) is 1. The summed E-state index contributed by atoms with van der Waals surface area (Å²) >= 11 is 0. The molecular weight excluding hydrogens is 326 g/mol. The Balaban J connectivity index is 2.17. The molecule has 0 saturated carbocycles. The highest BCUT2D eigenvalue weighted by atomic mass is 32.2. The van der Waals surface area contributed by atoms with Crippen molar-refractivity contribution < 1.29 is 13.2 Å². The smallest absolute Gasteiger partial charge is 0.253 e. The molecule has 0 unspecified atom stereocenters. The van der Waals surface area contributed by atoms with Gasteiger partial charge in [0.1, 0.15) is 0 Å². The molecule has 1 aromatic rings. The van der Waals surface area contributed by atoms with Crippen molar-refractivity contribution in [2.75, 3.05) is 26.2 Å². The molecule has 1 atom stereocenters. The van der Waals surface area contributed by atoms with E-state index in [1.165, 1.54) is 16.4 Å². The Hall–Kier alpha value is -1.44. The van der Waals surface area contributed by atoms with Gasteiger partial charge in [0, 0.05) is 37.8 Å². The third-order valence-corrected chi connectivity index (χ3v) is 6.11. The second kappa shape index (κ2) is 8.09. The monoisotopic (exact) mass is 353 g/mol. The van der Waals surface area contributed by atoms with Crippen molar-refractivity contribution in [1.82, 2.24) is 9.21 Å². The molecule has 2 rings (SSSR count). The zero-order valence-corrected chi connectivity index (χ0v) is 15.3. The van der Waals surface area contributed by atoms with E-state index in [1.54, 1.807) is 17.0 Å². The number of likely N-dealkylation sites (tertiary alicyclic amines) is 1. The number of carbonyl (C=O) groups excluding carboxylic acids is 1. The van der Waals surface area contributed by atoms with Crippen molar-refractivity contribution in [1.29, 1.82) is 0 Å². The minimum atomic E-state index is -3.51. The van der Waals surface area contributed by atoms with Crippen molar-refractivity contribution >= 4 is 15.9 Å². The Bertz CT molecular complexity index is 652. The summed E-state index contributed by atoms with van der Waals surface area (Å²) in [6.45, 7) is 6.13. The predicted molar refractivity (Wildman–Crippen MR) is 94.3 cm³/mol. The molecule has 2 N–H and O–H groups in total. The number of carbonyl (C=O) groups is 1. The van der Waals surface area contributed by atoms with Crippen LogP contribution in [0, 0.1) is 0 Å². The molecule has 1 aliphatic heterocycles. The molecule has 0 spiro atoms. The maximum absolute atomic E-state index is 12.7. The predicted octanol–water partition coefficient (Wildman–Crippen LogP) is 1.67. The van der Waals surface area contributed by atoms with Gasteiger partial charge in [0.15, 0.2) is 0 Å². The first-order valence-electron chi connectivity index (χ1n) is 8.55. The minimum absolute atomic E-state index is 0.0326. The normalized spacial score (nSPS) is 18.3. The molecule has 0 aromatic heterocycles. The molecule has 6 nitrogen and oxygen atoms in total. The molecule has 0 radical (unpaired) electrons. The van der Waals surface area contributed by atoms with Crippen molar-refractivity contribution in [2.24, 2.45) is 5.73 Å². The number of amides is 1. The summed E-state index contributed by atoms with van der Waals surface area (Å²) in [7, 11) is -3.51. The van der Waals surface area contributed by atoms with Crippen LogP contribution in [0.5, 0.6) is 0 Å². The lowest BCUT2D eigenvalue weighted by molar-refractivity contribution is 0.0791. The fourth-order valence-electron chi connectivity index (χ4n) is 2.92. The standard InChI is InChI=1S/C17H27N3O3S/c1-3-10-20(11-4-2)24(22,23)16-7-5-14(6-8-16)17(21)19-12-9-15(18)13-19/h5-8,15H,3-4,9-13,18H2,1-2H3/t15-/m1/s1. The van der Waals surface area contributed by atoms with E-state index in [0.29, 0.717) is 31.7 Å². The van der Waals surface area contributed by atoms with E-state index >= 15 is 0 Å². The topological polar surface area (TPSA) is 83.7 Å². The van der Waals surface area contributed by atoms with Gasteiger partial charge in [0.25, 0.3) is 5.91 Å². The van der Waals surface area contributed by atoms with Crippen LogP contribution in [-0.2, 0) is 10.0 Å². The maximum atomic E-state index is 12.7. The summed E-state index contributed by atoms with van der Waals surface area (Å²) in [5.41, 5.74) is 6.33. The van der Waals surface area contributed by atoms with Gasteiger partial charge in [-0.25, -0.2) is 8.42 Å². The van der Waals surface area contributed by atoms with E-state index in [0.717, 1.165) is 19.3 Å². The molecule has 1 aromatic carbocycles. The number of sulfonamides is 1. The summed E-state index contributed by atoms with van der Waals surface area (Å²) in [4.78, 5) is 14.4. The molecule has 1 heterocycles. The van der Waals surface area contributed by atoms with Gasteiger partial charge in [-0.05, 0) is 43.5 Å². The highest BCUT2D eigenvalue weighted by Gasteiger charge is 2.26. The number of hydrogen-bond donors (Lipinski definition) is 1. The second-order valence-corrected chi connectivity index (χ2v) is 8.17. The van der Waals surface area contributed by atoms with Crippen LogP contribution in [0.4, 0.5) is 0 Å².